The molecule has 1 aliphatic heterocycles. The van der Waals surface area contributed by atoms with E-state index in [0.29, 0.717) is 16.6 Å². The molecule has 0 unspecified atom stereocenters. The van der Waals surface area contributed by atoms with Crippen molar-refractivity contribution < 1.29 is 8.42 Å². The first kappa shape index (κ1) is 15.3. The summed E-state index contributed by atoms with van der Waals surface area (Å²) in [7, 11) is 0.468. The molecule has 3 rings (SSSR count). The van der Waals surface area contributed by atoms with E-state index in [2.05, 4.69) is 9.88 Å². The van der Waals surface area contributed by atoms with Crippen molar-refractivity contribution in [2.45, 2.75) is 4.21 Å². The van der Waals surface area contributed by atoms with Crippen LogP contribution < -0.4 is 9.21 Å². The van der Waals surface area contributed by atoms with Gasteiger partial charge >= 0.3 is 0 Å². The van der Waals surface area contributed by atoms with Gasteiger partial charge in [-0.05, 0) is 37.7 Å². The number of thiophene rings is 1. The fourth-order valence-electron chi connectivity index (χ4n) is 2.35. The molecule has 0 aromatic carbocycles. The van der Waals surface area contributed by atoms with Crippen LogP contribution in [0.4, 0.5) is 11.5 Å². The third kappa shape index (κ3) is 2.69. The second kappa shape index (κ2) is 5.86. The number of likely N-dealkylation sites (N-methyl/N-ethyl adjacent to an activating group) is 1. The number of aromatic nitrogens is 1. The zero-order valence-corrected chi connectivity index (χ0v) is 14.1. The van der Waals surface area contributed by atoms with Crippen LogP contribution in [0.1, 0.15) is 0 Å². The van der Waals surface area contributed by atoms with Crippen molar-refractivity contribution in [3.05, 3.63) is 35.8 Å². The standard InChI is InChI=1S/C14H18N4O2S2/c1-16(2)8-9-17-11-18(12-5-3-7-15-14(12)17)22(19,20)13-6-4-10-21-13/h3-7,10H,8-9,11H2,1-2H3. The van der Waals surface area contributed by atoms with E-state index >= 15 is 0 Å². The minimum atomic E-state index is -3.52. The van der Waals surface area contributed by atoms with Crippen LogP contribution in [0.25, 0.3) is 0 Å². The fourth-order valence-corrected chi connectivity index (χ4v) is 4.88. The predicted molar refractivity (Wildman–Crippen MR) is 89.0 cm³/mol. The van der Waals surface area contributed by atoms with Crippen LogP contribution in [0.5, 0.6) is 0 Å². The fraction of sp³-hybridized carbons (Fsp3) is 0.357. The van der Waals surface area contributed by atoms with Gasteiger partial charge in [-0.2, -0.15) is 0 Å². The second-order valence-electron chi connectivity index (χ2n) is 5.34. The van der Waals surface area contributed by atoms with Gasteiger partial charge in [0.15, 0.2) is 5.82 Å². The van der Waals surface area contributed by atoms with Crippen molar-refractivity contribution in [3.8, 4) is 0 Å². The first-order valence-electron chi connectivity index (χ1n) is 6.91. The van der Waals surface area contributed by atoms with Crippen molar-refractivity contribution in [1.29, 1.82) is 0 Å². The molecule has 0 aliphatic carbocycles. The van der Waals surface area contributed by atoms with Gasteiger partial charge in [-0.15, -0.1) is 11.3 Å². The molecule has 0 radical (unpaired) electrons. The number of fused-ring (bicyclic) bond motifs is 1. The third-order valence-electron chi connectivity index (χ3n) is 3.49. The van der Waals surface area contributed by atoms with Crippen LogP contribution in [0.3, 0.4) is 0 Å². The first-order valence-corrected chi connectivity index (χ1v) is 9.23. The highest BCUT2D eigenvalue weighted by molar-refractivity contribution is 7.94. The van der Waals surface area contributed by atoms with E-state index in [-0.39, 0.29) is 0 Å². The van der Waals surface area contributed by atoms with Crippen LogP contribution >= 0.6 is 11.3 Å². The number of pyridine rings is 1. The summed E-state index contributed by atoms with van der Waals surface area (Å²) in [5.74, 6) is 0.726. The normalized spacial score (nSPS) is 14.7. The maximum Gasteiger partial charge on any atom is 0.275 e. The average Bonchev–Trinajstić information content (AvgIpc) is 3.13. The molecule has 6 nitrogen and oxygen atoms in total. The zero-order chi connectivity index (χ0) is 15.7. The second-order valence-corrected chi connectivity index (χ2v) is 8.38. The largest absolute Gasteiger partial charge is 0.335 e. The van der Waals surface area contributed by atoms with E-state index in [9.17, 15) is 8.42 Å². The Balaban J connectivity index is 1.95. The molecule has 8 heteroatoms. The number of anilines is 2. The van der Waals surface area contributed by atoms with Crippen molar-refractivity contribution in [2.24, 2.45) is 0 Å². The number of hydrogen-bond acceptors (Lipinski definition) is 6. The molecule has 2 aromatic rings. The third-order valence-corrected chi connectivity index (χ3v) is 6.61. The lowest BCUT2D eigenvalue weighted by atomic mass is 10.4. The number of sulfonamides is 1. The lowest BCUT2D eigenvalue weighted by Gasteiger charge is -2.22. The van der Waals surface area contributed by atoms with Gasteiger partial charge in [-0.3, -0.25) is 0 Å². The van der Waals surface area contributed by atoms with Gasteiger partial charge in [0.05, 0.1) is 5.69 Å². The van der Waals surface area contributed by atoms with Crippen LogP contribution in [-0.4, -0.2) is 52.2 Å². The lowest BCUT2D eigenvalue weighted by molar-refractivity contribution is 0.414. The molecule has 1 aliphatic rings. The summed E-state index contributed by atoms with van der Waals surface area (Å²) in [6, 6.07) is 6.97. The summed E-state index contributed by atoms with van der Waals surface area (Å²) < 4.78 is 27.4. The van der Waals surface area contributed by atoms with Crippen molar-refractivity contribution in [3.63, 3.8) is 0 Å². The van der Waals surface area contributed by atoms with E-state index in [1.54, 1.807) is 29.8 Å². The molecule has 0 spiro atoms. The molecule has 0 fully saturated rings. The molecule has 0 amide bonds. The molecular formula is C14H18N4O2S2. The summed E-state index contributed by atoms with van der Waals surface area (Å²) in [6.45, 7) is 1.87. The summed E-state index contributed by atoms with van der Waals surface area (Å²) in [5, 5.41) is 1.77. The molecule has 0 N–H and O–H groups in total. The van der Waals surface area contributed by atoms with Gasteiger partial charge in [0.1, 0.15) is 10.9 Å². The molecule has 0 bridgehead atoms. The minimum Gasteiger partial charge on any atom is -0.335 e. The van der Waals surface area contributed by atoms with E-state index in [1.807, 2.05) is 25.1 Å². The van der Waals surface area contributed by atoms with Crippen molar-refractivity contribution >= 4 is 32.9 Å². The molecule has 0 saturated carbocycles. The zero-order valence-electron chi connectivity index (χ0n) is 12.5. The Bertz CT molecular complexity index is 744. The maximum atomic E-state index is 12.8. The number of rotatable bonds is 5. The number of hydrogen-bond donors (Lipinski definition) is 0. The Morgan fingerprint density at radius 3 is 2.82 bits per heavy atom. The first-order chi connectivity index (χ1) is 10.5. The highest BCUT2D eigenvalue weighted by atomic mass is 32.2. The van der Waals surface area contributed by atoms with Gasteiger partial charge < -0.3 is 9.80 Å². The molecule has 22 heavy (non-hydrogen) atoms. The highest BCUT2D eigenvalue weighted by Gasteiger charge is 2.36. The molecule has 118 valence electrons. The Labute approximate surface area is 134 Å². The van der Waals surface area contributed by atoms with Gasteiger partial charge in [-0.1, -0.05) is 6.07 Å². The lowest BCUT2D eigenvalue weighted by Crippen LogP contribution is -2.38. The molecule has 2 aromatic heterocycles. The van der Waals surface area contributed by atoms with Crippen molar-refractivity contribution in [1.82, 2.24) is 9.88 Å². The Morgan fingerprint density at radius 1 is 1.32 bits per heavy atom. The highest BCUT2D eigenvalue weighted by Crippen LogP contribution is 2.37. The monoisotopic (exact) mass is 338 g/mol. The molecule has 0 saturated heterocycles. The summed E-state index contributed by atoms with van der Waals surface area (Å²) in [4.78, 5) is 8.44. The molecular weight excluding hydrogens is 320 g/mol. The Morgan fingerprint density at radius 2 is 2.14 bits per heavy atom. The van der Waals surface area contributed by atoms with Gasteiger partial charge in [0.25, 0.3) is 10.0 Å². The van der Waals surface area contributed by atoms with E-state index in [4.69, 9.17) is 0 Å². The Kier molecular flexibility index (Phi) is 4.07. The topological polar surface area (TPSA) is 56.8 Å². The summed E-state index contributed by atoms with van der Waals surface area (Å²) in [5.41, 5.74) is 0.648. The van der Waals surface area contributed by atoms with Gasteiger partial charge in [0.2, 0.25) is 0 Å². The smallest absolute Gasteiger partial charge is 0.275 e. The van der Waals surface area contributed by atoms with Crippen LogP contribution in [0, 0.1) is 0 Å². The van der Waals surface area contributed by atoms with E-state index in [0.717, 1.165) is 18.9 Å². The Hall–Kier alpha value is -1.64. The maximum absolute atomic E-state index is 12.8. The summed E-state index contributed by atoms with van der Waals surface area (Å²) in [6.07, 6.45) is 1.70. The van der Waals surface area contributed by atoms with Crippen LogP contribution in [0.2, 0.25) is 0 Å². The molecule has 0 atom stereocenters. The van der Waals surface area contributed by atoms with E-state index in [1.165, 1.54) is 15.6 Å². The van der Waals surface area contributed by atoms with Gasteiger partial charge in [-0.25, -0.2) is 17.7 Å². The van der Waals surface area contributed by atoms with E-state index < -0.39 is 10.0 Å². The van der Waals surface area contributed by atoms with Crippen molar-refractivity contribution in [2.75, 3.05) is 43.1 Å². The average molecular weight is 338 g/mol. The van der Waals surface area contributed by atoms with Gasteiger partial charge in [0, 0.05) is 19.3 Å². The quantitative estimate of drug-likeness (QED) is 0.830. The van der Waals surface area contributed by atoms with Crippen LogP contribution in [-0.2, 0) is 10.0 Å². The number of nitrogens with zero attached hydrogens (tertiary/aromatic N) is 4. The van der Waals surface area contributed by atoms with Crippen LogP contribution in [0.15, 0.2) is 40.1 Å². The summed E-state index contributed by atoms with van der Waals surface area (Å²) >= 11 is 1.23. The predicted octanol–water partition coefficient (Wildman–Crippen LogP) is 1.68. The molecule has 3 heterocycles. The SMILES string of the molecule is CN(C)CCN1CN(S(=O)(=O)c2cccs2)c2cccnc21. The minimum absolute atomic E-state index is 0.306.